The number of H-pyrrole nitrogens is 1. The second-order valence-electron chi connectivity index (χ2n) is 5.20. The van der Waals surface area contributed by atoms with Crippen molar-refractivity contribution in [3.63, 3.8) is 0 Å². The van der Waals surface area contributed by atoms with Crippen molar-refractivity contribution < 1.29 is 0 Å². The molecule has 0 radical (unpaired) electrons. The standard InChI is InChI=1S/C14H17BrClN3/c1-19-6-5-17-9(8-19)7-11-10-3-2-4-12(16)13(10)18-14(11)15/h2-4,9,17-18H,5-8H2,1H3. The van der Waals surface area contributed by atoms with Crippen LogP contribution in [-0.2, 0) is 6.42 Å². The molecule has 5 heteroatoms. The van der Waals surface area contributed by atoms with Crippen LogP contribution < -0.4 is 5.32 Å². The molecule has 102 valence electrons. The monoisotopic (exact) mass is 341 g/mol. The summed E-state index contributed by atoms with van der Waals surface area (Å²) in [7, 11) is 2.18. The molecule has 0 amide bonds. The van der Waals surface area contributed by atoms with E-state index < -0.39 is 0 Å². The molecular formula is C14H17BrClN3. The lowest BCUT2D eigenvalue weighted by Gasteiger charge is -2.31. The van der Waals surface area contributed by atoms with E-state index in [0.29, 0.717) is 6.04 Å². The van der Waals surface area contributed by atoms with E-state index >= 15 is 0 Å². The highest BCUT2D eigenvalue weighted by Crippen LogP contribution is 2.31. The van der Waals surface area contributed by atoms with Crippen LogP contribution in [0.1, 0.15) is 5.56 Å². The number of nitrogens with one attached hydrogen (secondary N) is 2. The quantitative estimate of drug-likeness (QED) is 0.879. The average molecular weight is 343 g/mol. The summed E-state index contributed by atoms with van der Waals surface area (Å²) in [6.45, 7) is 3.26. The number of nitrogens with zero attached hydrogens (tertiary/aromatic N) is 1. The zero-order valence-corrected chi connectivity index (χ0v) is 13.2. The Balaban J connectivity index is 1.92. The summed E-state index contributed by atoms with van der Waals surface area (Å²) >= 11 is 9.86. The van der Waals surface area contributed by atoms with Crippen LogP contribution in [0.5, 0.6) is 0 Å². The van der Waals surface area contributed by atoms with Gasteiger partial charge in [0.2, 0.25) is 0 Å². The number of benzene rings is 1. The largest absolute Gasteiger partial charge is 0.348 e. The van der Waals surface area contributed by atoms with Crippen molar-refractivity contribution in [1.29, 1.82) is 0 Å². The molecule has 19 heavy (non-hydrogen) atoms. The van der Waals surface area contributed by atoms with Gasteiger partial charge < -0.3 is 15.2 Å². The Labute approximate surface area is 126 Å². The number of aromatic nitrogens is 1. The lowest BCUT2D eigenvalue weighted by molar-refractivity contribution is 0.238. The molecule has 2 heterocycles. The number of fused-ring (bicyclic) bond motifs is 1. The molecule has 1 aliphatic rings. The van der Waals surface area contributed by atoms with Crippen molar-refractivity contribution in [2.24, 2.45) is 0 Å². The average Bonchev–Trinajstić information content (AvgIpc) is 2.69. The van der Waals surface area contributed by atoms with E-state index in [-0.39, 0.29) is 0 Å². The maximum Gasteiger partial charge on any atom is 0.0864 e. The number of rotatable bonds is 2. The van der Waals surface area contributed by atoms with Crippen molar-refractivity contribution >= 4 is 38.4 Å². The maximum atomic E-state index is 6.23. The van der Waals surface area contributed by atoms with Crippen LogP contribution in [-0.4, -0.2) is 42.6 Å². The number of halogens is 2. The van der Waals surface area contributed by atoms with Gasteiger partial charge in [-0.05, 0) is 41.0 Å². The number of para-hydroxylation sites is 1. The van der Waals surface area contributed by atoms with Gasteiger partial charge in [-0.1, -0.05) is 23.7 Å². The van der Waals surface area contributed by atoms with Gasteiger partial charge in [-0.15, -0.1) is 0 Å². The van der Waals surface area contributed by atoms with Gasteiger partial charge in [0.1, 0.15) is 0 Å². The molecule has 0 spiro atoms. The Bertz CT molecular complexity index is 596. The smallest absolute Gasteiger partial charge is 0.0864 e. The molecule has 1 aliphatic heterocycles. The Morgan fingerprint density at radius 3 is 3.11 bits per heavy atom. The van der Waals surface area contributed by atoms with E-state index in [0.717, 1.165) is 41.2 Å². The highest BCUT2D eigenvalue weighted by atomic mass is 79.9. The summed E-state index contributed by atoms with van der Waals surface area (Å²) < 4.78 is 1.05. The summed E-state index contributed by atoms with van der Waals surface area (Å²) in [6.07, 6.45) is 1.01. The summed E-state index contributed by atoms with van der Waals surface area (Å²) in [5.74, 6) is 0. The second-order valence-corrected chi connectivity index (χ2v) is 6.40. The zero-order valence-electron chi connectivity index (χ0n) is 10.8. The van der Waals surface area contributed by atoms with E-state index in [1.165, 1.54) is 10.9 Å². The molecule has 1 saturated heterocycles. The zero-order chi connectivity index (χ0) is 13.4. The van der Waals surface area contributed by atoms with Crippen LogP contribution in [0.15, 0.2) is 22.8 Å². The van der Waals surface area contributed by atoms with Crippen LogP contribution >= 0.6 is 27.5 Å². The van der Waals surface area contributed by atoms with Crippen LogP contribution in [0.25, 0.3) is 10.9 Å². The Morgan fingerprint density at radius 2 is 2.32 bits per heavy atom. The third-order valence-corrected chi connectivity index (χ3v) is 4.74. The van der Waals surface area contributed by atoms with Gasteiger partial charge in [0, 0.05) is 31.1 Å². The van der Waals surface area contributed by atoms with E-state index in [4.69, 9.17) is 11.6 Å². The van der Waals surface area contributed by atoms with Crippen molar-refractivity contribution in [1.82, 2.24) is 15.2 Å². The molecule has 3 nitrogen and oxygen atoms in total. The van der Waals surface area contributed by atoms with Crippen LogP contribution in [0.3, 0.4) is 0 Å². The fourth-order valence-electron chi connectivity index (χ4n) is 2.78. The van der Waals surface area contributed by atoms with E-state index in [1.54, 1.807) is 0 Å². The first kappa shape index (κ1) is 13.4. The van der Waals surface area contributed by atoms with Crippen molar-refractivity contribution in [2.75, 3.05) is 26.7 Å². The van der Waals surface area contributed by atoms with Gasteiger partial charge in [0.25, 0.3) is 0 Å². The van der Waals surface area contributed by atoms with Gasteiger partial charge in [-0.3, -0.25) is 0 Å². The Kier molecular flexibility index (Phi) is 3.85. The van der Waals surface area contributed by atoms with Gasteiger partial charge in [-0.25, -0.2) is 0 Å². The normalized spacial score (nSPS) is 21.1. The lowest BCUT2D eigenvalue weighted by atomic mass is 10.0. The molecule has 1 aromatic heterocycles. The number of piperazine rings is 1. The van der Waals surface area contributed by atoms with Crippen LogP contribution in [0.2, 0.25) is 5.02 Å². The molecule has 3 rings (SSSR count). The highest BCUT2D eigenvalue weighted by Gasteiger charge is 2.20. The molecule has 1 atom stereocenters. The molecule has 0 aliphatic carbocycles. The maximum absolute atomic E-state index is 6.23. The molecule has 1 unspecified atom stereocenters. The van der Waals surface area contributed by atoms with Gasteiger partial charge in [0.15, 0.2) is 0 Å². The Hall–Kier alpha value is -0.550. The number of aromatic amines is 1. The fraction of sp³-hybridized carbons (Fsp3) is 0.429. The first-order valence-electron chi connectivity index (χ1n) is 6.51. The molecule has 0 bridgehead atoms. The van der Waals surface area contributed by atoms with Crippen LogP contribution in [0, 0.1) is 0 Å². The third kappa shape index (κ3) is 2.68. The van der Waals surface area contributed by atoms with Gasteiger partial charge in [-0.2, -0.15) is 0 Å². The summed E-state index contributed by atoms with van der Waals surface area (Å²) in [5.41, 5.74) is 2.33. The van der Waals surface area contributed by atoms with E-state index in [2.05, 4.69) is 44.2 Å². The molecular weight excluding hydrogens is 326 g/mol. The van der Waals surface area contributed by atoms with Gasteiger partial charge >= 0.3 is 0 Å². The number of likely N-dealkylation sites (N-methyl/N-ethyl adjacent to an activating group) is 1. The molecule has 2 N–H and O–H groups in total. The predicted molar refractivity (Wildman–Crippen MR) is 84.0 cm³/mol. The highest BCUT2D eigenvalue weighted by molar-refractivity contribution is 9.10. The predicted octanol–water partition coefficient (Wildman–Crippen LogP) is 3.03. The number of hydrogen-bond donors (Lipinski definition) is 2. The minimum atomic E-state index is 0.494. The second kappa shape index (κ2) is 5.44. The van der Waals surface area contributed by atoms with Crippen LogP contribution in [0.4, 0.5) is 0 Å². The van der Waals surface area contributed by atoms with Crippen molar-refractivity contribution in [3.05, 3.63) is 33.4 Å². The van der Waals surface area contributed by atoms with E-state index in [1.807, 2.05) is 12.1 Å². The molecule has 1 aromatic carbocycles. The fourth-order valence-corrected chi connectivity index (χ4v) is 3.58. The third-order valence-electron chi connectivity index (χ3n) is 3.75. The summed E-state index contributed by atoms with van der Waals surface area (Å²) in [5, 5.41) is 5.58. The first-order valence-corrected chi connectivity index (χ1v) is 7.68. The molecule has 0 saturated carbocycles. The van der Waals surface area contributed by atoms with Gasteiger partial charge in [0.05, 0.1) is 15.1 Å². The van der Waals surface area contributed by atoms with Crippen molar-refractivity contribution in [3.8, 4) is 0 Å². The lowest BCUT2D eigenvalue weighted by Crippen LogP contribution is -2.49. The first-order chi connectivity index (χ1) is 9.15. The molecule has 2 aromatic rings. The Morgan fingerprint density at radius 1 is 1.47 bits per heavy atom. The minimum absolute atomic E-state index is 0.494. The summed E-state index contributed by atoms with van der Waals surface area (Å²) in [6, 6.07) is 6.55. The van der Waals surface area contributed by atoms with Crippen molar-refractivity contribution in [2.45, 2.75) is 12.5 Å². The summed E-state index contributed by atoms with van der Waals surface area (Å²) in [4.78, 5) is 5.71. The van der Waals surface area contributed by atoms with E-state index in [9.17, 15) is 0 Å². The topological polar surface area (TPSA) is 31.1 Å². The SMILES string of the molecule is CN1CCNC(Cc2c(Br)[nH]c3c(Cl)cccc23)C1. The number of hydrogen-bond acceptors (Lipinski definition) is 2. The minimum Gasteiger partial charge on any atom is -0.348 e. The molecule has 1 fully saturated rings.